The summed E-state index contributed by atoms with van der Waals surface area (Å²) in [6.45, 7) is 14.0. The van der Waals surface area contributed by atoms with E-state index >= 15 is 0 Å². The van der Waals surface area contributed by atoms with Gasteiger partial charge in [0.15, 0.2) is 12.6 Å². The van der Waals surface area contributed by atoms with Crippen LogP contribution < -0.4 is 16.0 Å². The number of Topliss-reactive ketones (excluding diaryl/α,β-unsaturated/α-hetero) is 1. The van der Waals surface area contributed by atoms with Gasteiger partial charge in [0, 0.05) is 51.4 Å². The standard InChI is InChI=1S/C54H73N7O13S2/c1-33-46(75-28-57-33)37-13-9-35(10-14-37)22-55-49(66)43-20-39(62)24-60(43)51(68)42(53(3,4)5)19-41(64)26-70-17-18-71-30-73-32-74-31-72-27-45(65)59-48(54(6,7)8)52(69)61-25-40(63)21-44(61)50(67)56-23-36-11-15-38(16-12-36)47-34(2)58-29-76-47/h9-16,28-29,39-40,42-44,48,62-63H,17-27,30-32H2,1-8H3,(H,55,66)(H,56,67)(H,59,65)/t39-,40+,42+,43-,44-,48+/m0/s1. The highest BCUT2D eigenvalue weighted by Gasteiger charge is 2.46. The number of likely N-dealkylation sites (tertiary alicyclic amines) is 2. The quantitative estimate of drug-likeness (QED) is 0.0428. The summed E-state index contributed by atoms with van der Waals surface area (Å²) in [5.74, 6) is -3.33. The first kappa shape index (κ1) is 59.7. The smallest absolute Gasteiger partial charge is 0.246 e. The average Bonchev–Trinajstić information content (AvgIpc) is 4.20. The summed E-state index contributed by atoms with van der Waals surface area (Å²) in [4.78, 5) is 94.4. The maximum Gasteiger partial charge on any atom is 0.246 e. The van der Waals surface area contributed by atoms with Crippen molar-refractivity contribution >= 4 is 58.0 Å². The van der Waals surface area contributed by atoms with Crippen molar-refractivity contribution in [2.45, 2.75) is 118 Å². The number of ketones is 1. The van der Waals surface area contributed by atoms with Gasteiger partial charge in [-0.1, -0.05) is 90.1 Å². The fourth-order valence-corrected chi connectivity index (χ4v) is 10.6. The van der Waals surface area contributed by atoms with Gasteiger partial charge in [-0.15, -0.1) is 22.7 Å². The second kappa shape index (κ2) is 27.7. The lowest BCUT2D eigenvalue weighted by atomic mass is 9.77. The second-order valence-corrected chi connectivity index (χ2v) is 23.0. The van der Waals surface area contributed by atoms with Crippen LogP contribution in [-0.4, -0.2) is 156 Å². The van der Waals surface area contributed by atoms with Crippen LogP contribution in [0, 0.1) is 30.6 Å². The van der Waals surface area contributed by atoms with E-state index in [1.165, 1.54) is 9.80 Å². The molecular formula is C54H73N7O13S2. The van der Waals surface area contributed by atoms with Gasteiger partial charge in [-0.2, -0.15) is 0 Å². The molecule has 4 aromatic rings. The molecule has 2 fully saturated rings. The minimum atomic E-state index is -1.04. The number of aliphatic hydroxyl groups is 2. The van der Waals surface area contributed by atoms with Crippen LogP contribution in [0.3, 0.4) is 0 Å². The summed E-state index contributed by atoms with van der Waals surface area (Å²) in [6.07, 6.45) is -1.76. The van der Waals surface area contributed by atoms with Crippen molar-refractivity contribution in [1.82, 2.24) is 35.7 Å². The molecule has 0 saturated carbocycles. The number of hydrogen-bond donors (Lipinski definition) is 5. The minimum Gasteiger partial charge on any atom is -0.391 e. The zero-order valence-electron chi connectivity index (χ0n) is 44.6. The Labute approximate surface area is 452 Å². The molecule has 0 unspecified atom stereocenters. The van der Waals surface area contributed by atoms with E-state index in [1.54, 1.807) is 54.5 Å². The Morgan fingerprint density at radius 2 is 1.09 bits per heavy atom. The Morgan fingerprint density at radius 3 is 1.55 bits per heavy atom. The lowest BCUT2D eigenvalue weighted by Gasteiger charge is -2.35. The van der Waals surface area contributed by atoms with E-state index in [1.807, 2.05) is 83.1 Å². The molecule has 6 atom stereocenters. The predicted octanol–water partition coefficient (Wildman–Crippen LogP) is 4.51. The van der Waals surface area contributed by atoms with Crippen molar-refractivity contribution in [2.75, 3.05) is 59.9 Å². The van der Waals surface area contributed by atoms with Gasteiger partial charge in [0.1, 0.15) is 44.9 Å². The number of aliphatic hydroxyl groups excluding tert-OH is 2. The first-order chi connectivity index (χ1) is 36.1. The number of aromatic nitrogens is 2. The molecule has 414 valence electrons. The van der Waals surface area contributed by atoms with Crippen LogP contribution in [0.1, 0.15) is 83.3 Å². The highest BCUT2D eigenvalue weighted by molar-refractivity contribution is 7.13. The number of rotatable bonds is 26. The average molecular weight is 1090 g/mol. The Morgan fingerprint density at radius 1 is 0.632 bits per heavy atom. The van der Waals surface area contributed by atoms with Gasteiger partial charge in [-0.3, -0.25) is 28.8 Å². The van der Waals surface area contributed by atoms with Crippen LogP contribution in [0.15, 0.2) is 59.6 Å². The fourth-order valence-electron chi connectivity index (χ4n) is 8.94. The van der Waals surface area contributed by atoms with E-state index in [4.69, 9.17) is 23.7 Å². The van der Waals surface area contributed by atoms with Gasteiger partial charge in [0.2, 0.25) is 29.5 Å². The van der Waals surface area contributed by atoms with E-state index in [0.717, 1.165) is 43.4 Å². The SMILES string of the molecule is Cc1ncsc1-c1ccc(CNC(=O)[C@@H]2C[C@H](O)CN2C(=O)[C@@H](CC(=O)COCCOCOCOCOCC(=O)N[C@H](C(=O)N2C[C@H](O)C[C@H]2C(=O)NCc2ccc(-c3scnc3C)cc2)C(C)(C)C)C(C)(C)C)cc1. The van der Waals surface area contributed by atoms with Gasteiger partial charge in [0.05, 0.1) is 57.6 Å². The van der Waals surface area contributed by atoms with Crippen molar-refractivity contribution in [2.24, 2.45) is 16.7 Å². The Balaban J connectivity index is 0.832. The molecule has 20 nitrogen and oxygen atoms in total. The molecule has 0 radical (unpaired) electrons. The van der Waals surface area contributed by atoms with Gasteiger partial charge in [-0.05, 0) is 46.9 Å². The third-order valence-corrected chi connectivity index (χ3v) is 15.1. The number of β-amino-alcohol motifs (C(OH)–C–C–N with tert-alkyl or cyclic N) is 2. The van der Waals surface area contributed by atoms with Gasteiger partial charge in [0.25, 0.3) is 0 Å². The summed E-state index contributed by atoms with van der Waals surface area (Å²) in [5.41, 5.74) is 7.91. The third kappa shape index (κ3) is 17.0. The second-order valence-electron chi connectivity index (χ2n) is 21.3. The number of thiazole rings is 2. The van der Waals surface area contributed by atoms with Crippen molar-refractivity contribution in [3.63, 3.8) is 0 Å². The molecule has 2 aromatic carbocycles. The van der Waals surface area contributed by atoms with Crippen LogP contribution in [-0.2, 0) is 65.5 Å². The highest BCUT2D eigenvalue weighted by Crippen LogP contribution is 2.34. The number of amides is 5. The van der Waals surface area contributed by atoms with Crippen molar-refractivity contribution < 1.29 is 62.7 Å². The number of ether oxygens (including phenoxy) is 5. The van der Waals surface area contributed by atoms with Gasteiger partial charge in [-0.25, -0.2) is 9.97 Å². The monoisotopic (exact) mass is 1090 g/mol. The van der Waals surface area contributed by atoms with E-state index in [2.05, 4.69) is 25.9 Å². The van der Waals surface area contributed by atoms with Crippen molar-refractivity contribution in [1.29, 1.82) is 0 Å². The first-order valence-electron chi connectivity index (χ1n) is 25.3. The summed E-state index contributed by atoms with van der Waals surface area (Å²) >= 11 is 3.12. The fraction of sp³-hybridized carbons (Fsp3) is 0.556. The molecule has 76 heavy (non-hydrogen) atoms. The van der Waals surface area contributed by atoms with E-state index in [-0.39, 0.29) is 103 Å². The molecule has 2 aromatic heterocycles. The molecule has 22 heteroatoms. The Kier molecular flexibility index (Phi) is 21.7. The van der Waals surface area contributed by atoms with E-state index < -0.39 is 71.4 Å². The van der Waals surface area contributed by atoms with Gasteiger partial charge < -0.3 is 59.6 Å². The Bertz CT molecular complexity index is 2400. The lowest BCUT2D eigenvalue weighted by Crippen LogP contribution is -2.58. The molecule has 5 amide bonds. The largest absolute Gasteiger partial charge is 0.391 e. The van der Waals surface area contributed by atoms with Crippen LogP contribution in [0.4, 0.5) is 0 Å². The molecule has 2 aliphatic rings. The van der Waals surface area contributed by atoms with Gasteiger partial charge >= 0.3 is 0 Å². The number of hydrogen-bond acceptors (Lipinski definition) is 17. The number of benzene rings is 2. The summed E-state index contributed by atoms with van der Waals surface area (Å²) in [6, 6.07) is 12.7. The van der Waals surface area contributed by atoms with Crippen LogP contribution in [0.5, 0.6) is 0 Å². The number of carbonyl (C=O) groups is 6. The van der Waals surface area contributed by atoms with Crippen molar-refractivity contribution in [3.8, 4) is 20.9 Å². The Hall–Kier alpha value is -5.56. The highest BCUT2D eigenvalue weighted by atomic mass is 32.1. The molecule has 2 saturated heterocycles. The number of aryl methyl sites for hydroxylation is 2. The van der Waals surface area contributed by atoms with Crippen LogP contribution in [0.2, 0.25) is 0 Å². The maximum absolute atomic E-state index is 14.0. The van der Waals surface area contributed by atoms with E-state index in [0.29, 0.717) is 0 Å². The molecule has 0 bridgehead atoms. The molecule has 5 N–H and O–H groups in total. The van der Waals surface area contributed by atoms with Crippen LogP contribution in [0.25, 0.3) is 20.9 Å². The molecule has 2 aliphatic heterocycles. The lowest BCUT2D eigenvalue weighted by molar-refractivity contribution is -0.175. The number of carbonyl (C=O) groups excluding carboxylic acids is 6. The number of nitrogens with one attached hydrogen (secondary N) is 3. The third-order valence-electron chi connectivity index (χ3n) is 13.1. The predicted molar refractivity (Wildman–Crippen MR) is 284 cm³/mol. The molecule has 0 spiro atoms. The zero-order valence-corrected chi connectivity index (χ0v) is 46.3. The summed E-state index contributed by atoms with van der Waals surface area (Å²) in [7, 11) is 0. The van der Waals surface area contributed by atoms with Crippen molar-refractivity contribution in [3.05, 3.63) is 82.1 Å². The summed E-state index contributed by atoms with van der Waals surface area (Å²) in [5, 5.41) is 29.7. The molecule has 0 aliphatic carbocycles. The topological polar surface area (TPSA) is 257 Å². The number of nitrogens with zero attached hydrogens (tertiary/aromatic N) is 4. The normalized spacial score (nSPS) is 18.6. The summed E-state index contributed by atoms with van der Waals surface area (Å²) < 4.78 is 26.8. The van der Waals surface area contributed by atoms with E-state index in [9.17, 15) is 39.0 Å². The maximum atomic E-state index is 14.0. The molecule has 6 rings (SSSR count). The molecular weight excluding hydrogens is 1020 g/mol. The minimum absolute atomic E-state index is 0.0155. The zero-order chi connectivity index (χ0) is 55.2. The molecule has 4 heterocycles. The van der Waals surface area contributed by atoms with Crippen LogP contribution >= 0.6 is 22.7 Å². The first-order valence-corrected chi connectivity index (χ1v) is 27.1.